The van der Waals surface area contributed by atoms with Gasteiger partial charge in [0, 0.05) is 12.1 Å². The number of nitrogens with zero attached hydrogens (tertiary/aromatic N) is 1. The molecule has 1 aromatic rings. The summed E-state index contributed by atoms with van der Waals surface area (Å²) in [6.07, 6.45) is -5.13. The minimum Gasteiger partial charge on any atom is -0.481 e. The first-order chi connectivity index (χ1) is 10.4. The number of rotatable bonds is 5. The molecule has 0 heterocycles. The second kappa shape index (κ2) is 6.69. The molecule has 0 saturated heterocycles. The van der Waals surface area contributed by atoms with Crippen LogP contribution in [0.3, 0.4) is 0 Å². The van der Waals surface area contributed by atoms with E-state index in [2.05, 4.69) is 5.32 Å². The first-order valence-electron chi connectivity index (χ1n) is 6.57. The monoisotopic (exact) mass is 328 g/mol. The SMILES string of the molecule is CC(C)(CC(=O)O)CC(=O)Nc1ccc(C#N)c(C(F)(F)F)c1. The minimum absolute atomic E-state index is 0.104. The van der Waals surface area contributed by atoms with Crippen molar-refractivity contribution in [2.75, 3.05) is 5.32 Å². The number of halogens is 3. The van der Waals surface area contributed by atoms with Crippen molar-refractivity contribution < 1.29 is 27.9 Å². The summed E-state index contributed by atoms with van der Waals surface area (Å²) in [7, 11) is 0. The highest BCUT2D eigenvalue weighted by Gasteiger charge is 2.34. The van der Waals surface area contributed by atoms with Gasteiger partial charge in [0.25, 0.3) is 0 Å². The largest absolute Gasteiger partial charge is 0.481 e. The van der Waals surface area contributed by atoms with Crippen molar-refractivity contribution in [2.24, 2.45) is 5.41 Å². The maximum atomic E-state index is 12.8. The van der Waals surface area contributed by atoms with E-state index in [0.29, 0.717) is 6.07 Å². The number of nitriles is 1. The zero-order valence-corrected chi connectivity index (χ0v) is 12.5. The zero-order valence-electron chi connectivity index (χ0n) is 12.5. The lowest BCUT2D eigenvalue weighted by atomic mass is 9.85. The number of carbonyl (C=O) groups is 2. The standard InChI is InChI=1S/C15H15F3N2O3/c1-14(2,7-13(22)23)6-12(21)20-10-4-3-9(8-19)11(5-10)15(16,17)18/h3-5H,6-7H2,1-2H3,(H,20,21)(H,22,23). The average molecular weight is 328 g/mol. The number of hydrogen-bond acceptors (Lipinski definition) is 3. The van der Waals surface area contributed by atoms with Crippen molar-refractivity contribution in [3.8, 4) is 6.07 Å². The number of alkyl halides is 3. The number of carboxylic acid groups (broad SMARTS) is 1. The highest BCUT2D eigenvalue weighted by atomic mass is 19.4. The molecule has 0 aromatic heterocycles. The molecule has 0 aliphatic rings. The summed E-state index contributed by atoms with van der Waals surface area (Å²) in [5, 5.41) is 19.7. The molecule has 1 rings (SSSR count). The van der Waals surface area contributed by atoms with Gasteiger partial charge in [-0.05, 0) is 23.6 Å². The Bertz CT molecular complexity index is 661. The lowest BCUT2D eigenvalue weighted by molar-refractivity contribution is -0.140. The Labute approximate surface area is 130 Å². The lowest BCUT2D eigenvalue weighted by Crippen LogP contribution is -2.25. The summed E-state index contributed by atoms with van der Waals surface area (Å²) >= 11 is 0. The van der Waals surface area contributed by atoms with Crippen LogP contribution >= 0.6 is 0 Å². The Morgan fingerprint density at radius 1 is 1.26 bits per heavy atom. The molecule has 1 amide bonds. The van der Waals surface area contributed by atoms with E-state index >= 15 is 0 Å². The molecule has 2 N–H and O–H groups in total. The number of aliphatic carboxylic acids is 1. The average Bonchev–Trinajstić information content (AvgIpc) is 2.34. The van der Waals surface area contributed by atoms with Gasteiger partial charge < -0.3 is 10.4 Å². The molecule has 0 aliphatic carbocycles. The van der Waals surface area contributed by atoms with Gasteiger partial charge in [-0.25, -0.2) is 0 Å². The fourth-order valence-electron chi connectivity index (χ4n) is 2.07. The van der Waals surface area contributed by atoms with Crippen LogP contribution in [-0.4, -0.2) is 17.0 Å². The number of carbonyl (C=O) groups excluding carboxylic acids is 1. The molecule has 0 atom stereocenters. The fraction of sp³-hybridized carbons (Fsp3) is 0.400. The van der Waals surface area contributed by atoms with E-state index in [1.54, 1.807) is 13.8 Å². The molecule has 5 nitrogen and oxygen atoms in total. The molecular formula is C15H15F3N2O3. The summed E-state index contributed by atoms with van der Waals surface area (Å²) in [5.41, 5.74) is -2.62. The van der Waals surface area contributed by atoms with Gasteiger partial charge in [-0.2, -0.15) is 18.4 Å². The Balaban J connectivity index is 2.92. The van der Waals surface area contributed by atoms with Gasteiger partial charge >= 0.3 is 12.1 Å². The smallest absolute Gasteiger partial charge is 0.417 e. The van der Waals surface area contributed by atoms with Crippen molar-refractivity contribution in [2.45, 2.75) is 32.9 Å². The van der Waals surface area contributed by atoms with E-state index < -0.39 is 34.6 Å². The van der Waals surface area contributed by atoms with Gasteiger partial charge in [-0.1, -0.05) is 13.8 Å². The van der Waals surface area contributed by atoms with Crippen LogP contribution in [0.25, 0.3) is 0 Å². The van der Waals surface area contributed by atoms with Crippen molar-refractivity contribution in [1.82, 2.24) is 0 Å². The quantitative estimate of drug-likeness (QED) is 0.866. The number of anilines is 1. The maximum Gasteiger partial charge on any atom is 0.417 e. The van der Waals surface area contributed by atoms with E-state index in [1.807, 2.05) is 0 Å². The summed E-state index contributed by atoms with van der Waals surface area (Å²) in [4.78, 5) is 22.6. The predicted molar refractivity (Wildman–Crippen MR) is 75.4 cm³/mol. The van der Waals surface area contributed by atoms with Gasteiger partial charge in [0.1, 0.15) is 0 Å². The molecule has 0 unspecified atom stereocenters. The third-order valence-corrected chi connectivity index (χ3v) is 3.00. The summed E-state index contributed by atoms with van der Waals surface area (Å²) in [5.74, 6) is -1.67. The van der Waals surface area contributed by atoms with Crippen LogP contribution in [0.5, 0.6) is 0 Å². The van der Waals surface area contributed by atoms with Crippen molar-refractivity contribution in [1.29, 1.82) is 5.26 Å². The van der Waals surface area contributed by atoms with Gasteiger partial charge in [-0.3, -0.25) is 9.59 Å². The van der Waals surface area contributed by atoms with Crippen molar-refractivity contribution in [3.63, 3.8) is 0 Å². The van der Waals surface area contributed by atoms with E-state index in [1.165, 1.54) is 12.1 Å². The summed E-state index contributed by atoms with van der Waals surface area (Å²) in [6.45, 7) is 3.14. The van der Waals surface area contributed by atoms with Crippen molar-refractivity contribution >= 4 is 17.6 Å². The molecule has 0 aliphatic heterocycles. The molecular weight excluding hydrogens is 313 g/mol. The summed E-state index contributed by atoms with van der Waals surface area (Å²) in [6, 6.07) is 4.29. The fourth-order valence-corrected chi connectivity index (χ4v) is 2.07. The van der Waals surface area contributed by atoms with Gasteiger partial charge in [0.2, 0.25) is 5.91 Å². The topological polar surface area (TPSA) is 90.2 Å². The number of hydrogen-bond donors (Lipinski definition) is 2. The normalized spacial score (nSPS) is 11.7. The van der Waals surface area contributed by atoms with Gasteiger partial charge in [0.05, 0.1) is 23.6 Å². The van der Waals surface area contributed by atoms with Gasteiger partial charge in [0.15, 0.2) is 0 Å². The first-order valence-corrected chi connectivity index (χ1v) is 6.57. The molecule has 0 fully saturated rings. The van der Waals surface area contributed by atoms with Crippen LogP contribution in [0.15, 0.2) is 18.2 Å². The second-order valence-electron chi connectivity index (χ2n) is 5.83. The number of carboxylic acids is 1. The molecule has 0 spiro atoms. The van der Waals surface area contributed by atoms with Crippen LogP contribution in [-0.2, 0) is 15.8 Å². The first kappa shape index (κ1) is 18.5. The Kier molecular flexibility index (Phi) is 5.38. The molecule has 1 aromatic carbocycles. The molecule has 23 heavy (non-hydrogen) atoms. The molecule has 0 radical (unpaired) electrons. The van der Waals surface area contributed by atoms with Crippen LogP contribution in [0.4, 0.5) is 18.9 Å². The highest BCUT2D eigenvalue weighted by Crippen LogP contribution is 2.34. The Hall–Kier alpha value is -2.56. The number of nitrogens with one attached hydrogen (secondary N) is 1. The maximum absolute atomic E-state index is 12.8. The van der Waals surface area contributed by atoms with Crippen LogP contribution in [0.1, 0.15) is 37.8 Å². The van der Waals surface area contributed by atoms with Crippen LogP contribution < -0.4 is 5.32 Å². The van der Waals surface area contributed by atoms with E-state index in [4.69, 9.17) is 10.4 Å². The third-order valence-electron chi connectivity index (χ3n) is 3.00. The van der Waals surface area contributed by atoms with Crippen LogP contribution in [0.2, 0.25) is 0 Å². The molecule has 124 valence electrons. The van der Waals surface area contributed by atoms with Crippen molar-refractivity contribution in [3.05, 3.63) is 29.3 Å². The molecule has 0 bridgehead atoms. The molecule has 8 heteroatoms. The number of benzene rings is 1. The Morgan fingerprint density at radius 3 is 2.35 bits per heavy atom. The lowest BCUT2D eigenvalue weighted by Gasteiger charge is -2.21. The zero-order chi connectivity index (χ0) is 17.8. The third kappa shape index (κ3) is 5.62. The van der Waals surface area contributed by atoms with E-state index in [0.717, 1.165) is 6.07 Å². The van der Waals surface area contributed by atoms with E-state index in [-0.39, 0.29) is 18.5 Å². The number of amides is 1. The highest BCUT2D eigenvalue weighted by molar-refractivity contribution is 5.91. The molecule has 0 saturated carbocycles. The predicted octanol–water partition coefficient (Wildman–Crippen LogP) is 3.41. The second-order valence-corrected chi connectivity index (χ2v) is 5.83. The Morgan fingerprint density at radius 2 is 1.87 bits per heavy atom. The minimum atomic E-state index is -4.71. The van der Waals surface area contributed by atoms with Gasteiger partial charge in [-0.15, -0.1) is 0 Å². The van der Waals surface area contributed by atoms with Crippen LogP contribution in [0, 0.1) is 16.7 Å². The van der Waals surface area contributed by atoms with E-state index in [9.17, 15) is 22.8 Å². The summed E-state index contributed by atoms with van der Waals surface area (Å²) < 4.78 is 38.5.